The minimum Gasteiger partial charge on any atom is -0.378 e. The molecule has 0 spiro atoms. The number of hydrogen-bond donors (Lipinski definition) is 0. The van der Waals surface area contributed by atoms with Gasteiger partial charge in [-0.05, 0) is 42.1 Å². The van der Waals surface area contributed by atoms with Crippen LogP contribution < -0.4 is 4.90 Å². The zero-order valence-electron chi connectivity index (χ0n) is 15.9. The molecule has 3 rings (SSSR count). The lowest BCUT2D eigenvalue weighted by atomic mass is 10.2. The van der Waals surface area contributed by atoms with Gasteiger partial charge in [-0.15, -0.1) is 0 Å². The third-order valence-electron chi connectivity index (χ3n) is 4.81. The zero-order chi connectivity index (χ0) is 18.5. The van der Waals surface area contributed by atoms with Gasteiger partial charge in [0.1, 0.15) is 0 Å². The van der Waals surface area contributed by atoms with E-state index in [9.17, 15) is 4.79 Å². The predicted molar refractivity (Wildman–Crippen MR) is 108 cm³/mol. The van der Waals surface area contributed by atoms with Gasteiger partial charge in [-0.25, -0.2) is 0 Å². The van der Waals surface area contributed by atoms with Gasteiger partial charge in [-0.2, -0.15) is 0 Å². The van der Waals surface area contributed by atoms with E-state index in [0.717, 1.165) is 12.1 Å². The van der Waals surface area contributed by atoms with Crippen LogP contribution in [0.25, 0.3) is 10.9 Å². The molecule has 0 aliphatic carbocycles. The number of fused-ring (bicyclic) bond motifs is 1. The standard InChI is InChI=1S/C22H27N3O/c1-4-24(17-18-9-11-20(12-10-18)23(2)3)22(26)14-16-25-15-13-19-7-5-6-8-21(19)25/h5-13,15H,4,14,16-17H2,1-3H3. The number of rotatable bonds is 7. The number of nitrogens with zero attached hydrogens (tertiary/aromatic N) is 3. The average Bonchev–Trinajstić information content (AvgIpc) is 3.07. The molecular formula is C22H27N3O. The van der Waals surface area contributed by atoms with Crippen molar-refractivity contribution in [2.45, 2.75) is 26.4 Å². The van der Waals surface area contributed by atoms with Crippen molar-refractivity contribution >= 4 is 22.5 Å². The van der Waals surface area contributed by atoms with Crippen molar-refractivity contribution in [2.75, 3.05) is 25.5 Å². The van der Waals surface area contributed by atoms with Crippen molar-refractivity contribution in [1.82, 2.24) is 9.47 Å². The molecule has 1 amide bonds. The Morgan fingerprint density at radius 2 is 1.73 bits per heavy atom. The first-order valence-corrected chi connectivity index (χ1v) is 9.16. The first-order chi connectivity index (χ1) is 12.6. The van der Waals surface area contributed by atoms with Gasteiger partial charge < -0.3 is 14.4 Å². The lowest BCUT2D eigenvalue weighted by Gasteiger charge is -2.22. The molecule has 0 fully saturated rings. The number of aryl methyl sites for hydroxylation is 1. The maximum absolute atomic E-state index is 12.7. The molecule has 4 heteroatoms. The summed E-state index contributed by atoms with van der Waals surface area (Å²) in [5.74, 6) is 0.196. The highest BCUT2D eigenvalue weighted by atomic mass is 16.2. The Bertz CT molecular complexity index is 864. The highest BCUT2D eigenvalue weighted by Gasteiger charge is 2.13. The van der Waals surface area contributed by atoms with Gasteiger partial charge >= 0.3 is 0 Å². The number of aromatic nitrogens is 1. The summed E-state index contributed by atoms with van der Waals surface area (Å²) in [4.78, 5) is 16.7. The van der Waals surface area contributed by atoms with Crippen LogP contribution in [0, 0.1) is 0 Å². The fourth-order valence-electron chi connectivity index (χ4n) is 3.21. The maximum atomic E-state index is 12.7. The first-order valence-electron chi connectivity index (χ1n) is 9.16. The molecule has 0 unspecified atom stereocenters. The van der Waals surface area contributed by atoms with E-state index >= 15 is 0 Å². The molecule has 0 saturated carbocycles. The molecule has 4 nitrogen and oxygen atoms in total. The van der Waals surface area contributed by atoms with E-state index in [4.69, 9.17) is 0 Å². The fourth-order valence-corrected chi connectivity index (χ4v) is 3.21. The number of hydrogen-bond acceptors (Lipinski definition) is 2. The molecule has 0 aliphatic heterocycles. The Labute approximate surface area is 155 Å². The number of carbonyl (C=O) groups is 1. The Morgan fingerprint density at radius 1 is 1.00 bits per heavy atom. The third kappa shape index (κ3) is 4.07. The Kier molecular flexibility index (Phi) is 5.61. The summed E-state index contributed by atoms with van der Waals surface area (Å²) in [5.41, 5.74) is 3.52. The quantitative estimate of drug-likeness (QED) is 0.641. The van der Waals surface area contributed by atoms with Crippen molar-refractivity contribution in [1.29, 1.82) is 0 Å². The van der Waals surface area contributed by atoms with Crippen molar-refractivity contribution < 1.29 is 4.79 Å². The first kappa shape index (κ1) is 18.1. The third-order valence-corrected chi connectivity index (χ3v) is 4.81. The second kappa shape index (κ2) is 8.09. The second-order valence-electron chi connectivity index (χ2n) is 6.79. The molecule has 0 radical (unpaired) electrons. The van der Waals surface area contributed by atoms with E-state index < -0.39 is 0 Å². The lowest BCUT2D eigenvalue weighted by molar-refractivity contribution is -0.131. The molecular weight excluding hydrogens is 322 g/mol. The SMILES string of the molecule is CCN(Cc1ccc(N(C)C)cc1)C(=O)CCn1ccc2ccccc21. The van der Waals surface area contributed by atoms with Crippen LogP contribution in [0.2, 0.25) is 0 Å². The van der Waals surface area contributed by atoms with Gasteiger partial charge in [-0.1, -0.05) is 30.3 Å². The van der Waals surface area contributed by atoms with Crippen molar-refractivity contribution in [3.63, 3.8) is 0 Å². The molecule has 3 aromatic rings. The monoisotopic (exact) mass is 349 g/mol. The van der Waals surface area contributed by atoms with E-state index in [0.29, 0.717) is 19.5 Å². The van der Waals surface area contributed by atoms with Gasteiger partial charge in [0.25, 0.3) is 0 Å². The number of carbonyl (C=O) groups excluding carboxylic acids is 1. The Hall–Kier alpha value is -2.75. The summed E-state index contributed by atoms with van der Waals surface area (Å²) in [6, 6.07) is 18.8. The number of para-hydroxylation sites is 1. The van der Waals surface area contributed by atoms with Crippen LogP contribution in [0.15, 0.2) is 60.8 Å². The highest BCUT2D eigenvalue weighted by Crippen LogP contribution is 2.17. The molecule has 2 aromatic carbocycles. The van der Waals surface area contributed by atoms with Crippen LogP contribution in [-0.2, 0) is 17.9 Å². The zero-order valence-corrected chi connectivity index (χ0v) is 15.9. The molecule has 0 atom stereocenters. The summed E-state index contributed by atoms with van der Waals surface area (Å²) in [6.45, 7) is 4.13. The average molecular weight is 349 g/mol. The van der Waals surface area contributed by atoms with E-state index in [1.807, 2.05) is 38.1 Å². The van der Waals surface area contributed by atoms with Gasteiger partial charge in [0, 0.05) is 57.6 Å². The summed E-state index contributed by atoms with van der Waals surface area (Å²) in [5, 5.41) is 1.22. The summed E-state index contributed by atoms with van der Waals surface area (Å²) in [6.07, 6.45) is 2.58. The maximum Gasteiger partial charge on any atom is 0.224 e. The van der Waals surface area contributed by atoms with Crippen LogP contribution in [0.4, 0.5) is 5.69 Å². The summed E-state index contributed by atoms with van der Waals surface area (Å²) < 4.78 is 2.16. The molecule has 1 aromatic heterocycles. The van der Waals surface area contributed by atoms with E-state index in [1.165, 1.54) is 16.6 Å². The normalized spacial score (nSPS) is 10.9. The van der Waals surface area contributed by atoms with Crippen LogP contribution in [0.5, 0.6) is 0 Å². The number of amides is 1. The summed E-state index contributed by atoms with van der Waals surface area (Å²) >= 11 is 0. The molecule has 0 N–H and O–H groups in total. The van der Waals surface area contributed by atoms with Crippen LogP contribution >= 0.6 is 0 Å². The fraction of sp³-hybridized carbons (Fsp3) is 0.318. The van der Waals surface area contributed by atoms with E-state index in [1.54, 1.807) is 0 Å². The van der Waals surface area contributed by atoms with E-state index in [2.05, 4.69) is 58.1 Å². The topological polar surface area (TPSA) is 28.5 Å². The number of benzene rings is 2. The predicted octanol–water partition coefficient (Wildman–Crippen LogP) is 4.15. The molecule has 26 heavy (non-hydrogen) atoms. The highest BCUT2D eigenvalue weighted by molar-refractivity contribution is 5.80. The van der Waals surface area contributed by atoms with Crippen molar-refractivity contribution in [3.8, 4) is 0 Å². The largest absolute Gasteiger partial charge is 0.378 e. The van der Waals surface area contributed by atoms with Crippen molar-refractivity contribution in [2.24, 2.45) is 0 Å². The molecule has 0 saturated heterocycles. The van der Waals surface area contributed by atoms with Crippen LogP contribution in [0.1, 0.15) is 18.9 Å². The van der Waals surface area contributed by atoms with Gasteiger partial charge in [0.05, 0.1) is 0 Å². The van der Waals surface area contributed by atoms with Crippen LogP contribution in [-0.4, -0.2) is 36.0 Å². The smallest absolute Gasteiger partial charge is 0.224 e. The molecule has 136 valence electrons. The minimum absolute atomic E-state index is 0.196. The second-order valence-corrected chi connectivity index (χ2v) is 6.79. The number of anilines is 1. The van der Waals surface area contributed by atoms with Crippen molar-refractivity contribution in [3.05, 3.63) is 66.4 Å². The lowest BCUT2D eigenvalue weighted by Crippen LogP contribution is -2.30. The Morgan fingerprint density at radius 3 is 2.42 bits per heavy atom. The Balaban J connectivity index is 1.61. The van der Waals surface area contributed by atoms with Gasteiger partial charge in [0.15, 0.2) is 0 Å². The molecule has 0 bridgehead atoms. The minimum atomic E-state index is 0.196. The molecule has 1 heterocycles. The summed E-state index contributed by atoms with van der Waals surface area (Å²) in [7, 11) is 4.06. The molecule has 0 aliphatic rings. The van der Waals surface area contributed by atoms with E-state index in [-0.39, 0.29) is 5.91 Å². The van der Waals surface area contributed by atoms with Crippen LogP contribution in [0.3, 0.4) is 0 Å². The van der Waals surface area contributed by atoms with Gasteiger partial charge in [-0.3, -0.25) is 4.79 Å². The van der Waals surface area contributed by atoms with Gasteiger partial charge in [0.2, 0.25) is 5.91 Å².